The van der Waals surface area contributed by atoms with E-state index in [1.165, 1.54) is 12.1 Å². The first kappa shape index (κ1) is 21.8. The van der Waals surface area contributed by atoms with Crippen LogP contribution in [0.15, 0.2) is 48.7 Å². The van der Waals surface area contributed by atoms with Gasteiger partial charge in [0.15, 0.2) is 5.69 Å². The van der Waals surface area contributed by atoms with E-state index in [1.807, 2.05) is 56.5 Å². The molecule has 0 saturated carbocycles. The molecule has 0 spiro atoms. The van der Waals surface area contributed by atoms with Crippen LogP contribution in [0.5, 0.6) is 0 Å². The van der Waals surface area contributed by atoms with Gasteiger partial charge in [-0.1, -0.05) is 6.07 Å². The van der Waals surface area contributed by atoms with E-state index < -0.39 is 5.82 Å². The summed E-state index contributed by atoms with van der Waals surface area (Å²) in [6.45, 7) is 1.30. The standard InChI is InChI=1S/C25H24FN7O/c1-30(2)20-8-9-32(15-20)25(34)23-12-24(16-5-7-22-18(10-16)14-31(3)28-22)33(29-23)19-6-4-17(13-27)21(26)11-19/h4-7,10-12,14,20H,8-9,15H2,1-3H3/t20-/m0/s1. The van der Waals surface area contributed by atoms with Crippen LogP contribution in [0, 0.1) is 17.1 Å². The Morgan fingerprint density at radius 2 is 2.00 bits per heavy atom. The van der Waals surface area contributed by atoms with Crippen LogP contribution in [0.3, 0.4) is 0 Å². The summed E-state index contributed by atoms with van der Waals surface area (Å²) in [4.78, 5) is 17.3. The van der Waals surface area contributed by atoms with Crippen molar-refractivity contribution in [1.29, 1.82) is 5.26 Å². The number of aromatic nitrogens is 4. The van der Waals surface area contributed by atoms with Gasteiger partial charge in [-0.25, -0.2) is 9.07 Å². The molecule has 1 aliphatic rings. The van der Waals surface area contributed by atoms with Gasteiger partial charge in [0.2, 0.25) is 0 Å². The maximum absolute atomic E-state index is 14.5. The van der Waals surface area contributed by atoms with Crippen molar-refractivity contribution in [2.24, 2.45) is 7.05 Å². The molecular formula is C25H24FN7O. The molecule has 4 aromatic rings. The summed E-state index contributed by atoms with van der Waals surface area (Å²) in [5, 5.41) is 19.1. The lowest BCUT2D eigenvalue weighted by atomic mass is 10.1. The van der Waals surface area contributed by atoms with Crippen LogP contribution in [0.1, 0.15) is 22.5 Å². The summed E-state index contributed by atoms with van der Waals surface area (Å²) in [6.07, 6.45) is 2.82. The molecule has 34 heavy (non-hydrogen) atoms. The highest BCUT2D eigenvalue weighted by atomic mass is 19.1. The van der Waals surface area contributed by atoms with E-state index in [2.05, 4.69) is 15.1 Å². The minimum Gasteiger partial charge on any atom is -0.336 e. The van der Waals surface area contributed by atoms with E-state index in [-0.39, 0.29) is 11.5 Å². The van der Waals surface area contributed by atoms with Crippen LogP contribution < -0.4 is 0 Å². The van der Waals surface area contributed by atoms with Crippen molar-refractivity contribution >= 4 is 16.8 Å². The van der Waals surface area contributed by atoms with Crippen LogP contribution in [0.2, 0.25) is 0 Å². The van der Waals surface area contributed by atoms with E-state index >= 15 is 0 Å². The molecule has 0 unspecified atom stereocenters. The normalized spacial score (nSPS) is 15.9. The average Bonchev–Trinajstić information content (AvgIpc) is 3.55. The SMILES string of the molecule is CN(C)[C@H]1CCN(C(=O)c2cc(-c3ccc4nn(C)cc4c3)n(-c3ccc(C#N)c(F)c3)n2)C1. The Bertz CT molecular complexity index is 1450. The van der Waals surface area contributed by atoms with Crippen LogP contribution >= 0.6 is 0 Å². The molecule has 0 N–H and O–H groups in total. The van der Waals surface area contributed by atoms with Crippen molar-refractivity contribution in [3.63, 3.8) is 0 Å². The van der Waals surface area contributed by atoms with Gasteiger partial charge in [0, 0.05) is 49.4 Å². The smallest absolute Gasteiger partial charge is 0.274 e. The number of carbonyl (C=O) groups excluding carboxylic acids is 1. The Balaban J connectivity index is 1.60. The number of rotatable bonds is 4. The first-order chi connectivity index (χ1) is 16.3. The largest absolute Gasteiger partial charge is 0.336 e. The molecule has 0 aliphatic carbocycles. The van der Waals surface area contributed by atoms with Crippen molar-refractivity contribution in [2.45, 2.75) is 12.5 Å². The molecule has 2 aromatic heterocycles. The number of hydrogen-bond acceptors (Lipinski definition) is 5. The molecule has 5 rings (SSSR count). The summed E-state index contributed by atoms with van der Waals surface area (Å²) in [7, 11) is 5.89. The maximum Gasteiger partial charge on any atom is 0.274 e. The van der Waals surface area contributed by atoms with E-state index in [0.717, 1.165) is 22.9 Å². The van der Waals surface area contributed by atoms with Crippen LogP contribution in [0.4, 0.5) is 4.39 Å². The summed E-state index contributed by atoms with van der Waals surface area (Å²) in [5.41, 5.74) is 3.02. The predicted octanol–water partition coefficient (Wildman–Crippen LogP) is 3.21. The molecule has 1 aliphatic heterocycles. The number of nitrogens with zero attached hydrogens (tertiary/aromatic N) is 7. The van der Waals surface area contributed by atoms with Crippen molar-refractivity contribution in [3.8, 4) is 23.0 Å². The topological polar surface area (TPSA) is 83.0 Å². The first-order valence-electron chi connectivity index (χ1n) is 11.0. The maximum atomic E-state index is 14.5. The Hall–Kier alpha value is -4.03. The van der Waals surface area contributed by atoms with Crippen molar-refractivity contribution in [3.05, 3.63) is 65.7 Å². The molecule has 0 bridgehead atoms. The fraction of sp³-hybridized carbons (Fsp3) is 0.280. The number of carbonyl (C=O) groups is 1. The quantitative estimate of drug-likeness (QED) is 0.470. The fourth-order valence-corrected chi connectivity index (χ4v) is 4.43. The third-order valence-electron chi connectivity index (χ3n) is 6.34. The van der Waals surface area contributed by atoms with Crippen LogP contribution in [0.25, 0.3) is 27.8 Å². The van der Waals surface area contributed by atoms with Gasteiger partial charge >= 0.3 is 0 Å². The van der Waals surface area contributed by atoms with E-state index in [4.69, 9.17) is 5.26 Å². The second-order valence-corrected chi connectivity index (χ2v) is 8.84. The number of amides is 1. The molecule has 0 radical (unpaired) electrons. The lowest BCUT2D eigenvalue weighted by Crippen LogP contribution is -2.34. The Morgan fingerprint density at radius 3 is 2.71 bits per heavy atom. The number of likely N-dealkylation sites (N-methyl/N-ethyl adjacent to an activating group) is 1. The zero-order valence-corrected chi connectivity index (χ0v) is 19.2. The lowest BCUT2D eigenvalue weighted by molar-refractivity contribution is 0.0777. The number of nitriles is 1. The molecule has 1 amide bonds. The Morgan fingerprint density at radius 1 is 1.18 bits per heavy atom. The zero-order chi connectivity index (χ0) is 24.0. The van der Waals surface area contributed by atoms with Crippen molar-refractivity contribution in [2.75, 3.05) is 27.2 Å². The number of halogens is 1. The number of benzene rings is 2. The van der Waals surface area contributed by atoms with Gasteiger partial charge in [0.25, 0.3) is 5.91 Å². The van der Waals surface area contributed by atoms with Gasteiger partial charge in [-0.15, -0.1) is 0 Å². The summed E-state index contributed by atoms with van der Waals surface area (Å²) in [5.74, 6) is -0.786. The predicted molar refractivity (Wildman–Crippen MR) is 126 cm³/mol. The molecule has 1 atom stereocenters. The van der Waals surface area contributed by atoms with E-state index in [9.17, 15) is 9.18 Å². The number of likely N-dealkylation sites (tertiary alicyclic amines) is 1. The third-order valence-corrected chi connectivity index (χ3v) is 6.34. The summed E-state index contributed by atoms with van der Waals surface area (Å²) >= 11 is 0. The van der Waals surface area contributed by atoms with Gasteiger partial charge in [0.05, 0.1) is 22.5 Å². The highest BCUT2D eigenvalue weighted by Crippen LogP contribution is 2.29. The Labute approximate surface area is 196 Å². The van der Waals surface area contributed by atoms with Crippen LogP contribution in [-0.4, -0.2) is 68.5 Å². The number of fused-ring (bicyclic) bond motifs is 1. The summed E-state index contributed by atoms with van der Waals surface area (Å²) in [6, 6.07) is 14.0. The minimum absolute atomic E-state index is 0.0441. The van der Waals surface area contributed by atoms with Crippen molar-refractivity contribution < 1.29 is 9.18 Å². The second kappa shape index (κ2) is 8.39. The molecular weight excluding hydrogens is 433 g/mol. The summed E-state index contributed by atoms with van der Waals surface area (Å²) < 4.78 is 17.8. The molecule has 1 fully saturated rings. The molecule has 8 nitrogen and oxygen atoms in total. The lowest BCUT2D eigenvalue weighted by Gasteiger charge is -2.19. The van der Waals surface area contributed by atoms with Gasteiger partial charge in [0.1, 0.15) is 11.9 Å². The molecule has 172 valence electrons. The highest BCUT2D eigenvalue weighted by Gasteiger charge is 2.30. The zero-order valence-electron chi connectivity index (χ0n) is 19.2. The molecule has 1 saturated heterocycles. The average molecular weight is 458 g/mol. The third kappa shape index (κ3) is 3.82. The van der Waals surface area contributed by atoms with E-state index in [0.29, 0.717) is 36.2 Å². The molecule has 3 heterocycles. The number of hydrogen-bond donors (Lipinski definition) is 0. The molecule has 9 heteroatoms. The van der Waals surface area contributed by atoms with Crippen LogP contribution in [-0.2, 0) is 7.05 Å². The molecule has 2 aromatic carbocycles. The van der Waals surface area contributed by atoms with Gasteiger partial charge in [-0.3, -0.25) is 9.48 Å². The fourth-order valence-electron chi connectivity index (χ4n) is 4.43. The monoisotopic (exact) mass is 457 g/mol. The highest BCUT2D eigenvalue weighted by molar-refractivity contribution is 5.94. The van der Waals surface area contributed by atoms with Gasteiger partial charge in [-0.05, 0) is 50.8 Å². The van der Waals surface area contributed by atoms with Gasteiger partial charge < -0.3 is 9.80 Å². The minimum atomic E-state index is -0.634. The van der Waals surface area contributed by atoms with Gasteiger partial charge in [-0.2, -0.15) is 15.5 Å². The van der Waals surface area contributed by atoms with Crippen molar-refractivity contribution in [1.82, 2.24) is 29.4 Å². The van der Waals surface area contributed by atoms with E-state index in [1.54, 1.807) is 21.5 Å². The Kier molecular flexibility index (Phi) is 5.38. The number of aryl methyl sites for hydroxylation is 1. The first-order valence-corrected chi connectivity index (χ1v) is 11.0. The second-order valence-electron chi connectivity index (χ2n) is 8.84.